The summed E-state index contributed by atoms with van der Waals surface area (Å²) in [5.41, 5.74) is -0.938. The predicted octanol–water partition coefficient (Wildman–Crippen LogP) is 3.46. The molecule has 0 aliphatic heterocycles. The van der Waals surface area contributed by atoms with Crippen LogP contribution in [0, 0.1) is 0 Å². The van der Waals surface area contributed by atoms with Gasteiger partial charge < -0.3 is 9.52 Å². The molecule has 0 aliphatic carbocycles. The van der Waals surface area contributed by atoms with Gasteiger partial charge in [-0.2, -0.15) is 0 Å². The standard InChI is InChI=1S/C16H10O4S/c17-12(8-7-10-4-3-9-21-10)14-15(18)11-5-1-2-6-13(11)20-16(14)19/h1-9,18H. The Balaban J connectivity index is 2.08. The molecule has 1 aromatic carbocycles. The molecule has 0 spiro atoms. The highest BCUT2D eigenvalue weighted by Gasteiger charge is 2.18. The van der Waals surface area contributed by atoms with Crippen molar-refractivity contribution in [3.63, 3.8) is 0 Å². The van der Waals surface area contributed by atoms with Crippen molar-refractivity contribution in [3.8, 4) is 5.75 Å². The second kappa shape index (κ2) is 5.38. The summed E-state index contributed by atoms with van der Waals surface area (Å²) in [6.45, 7) is 0. The second-order valence-electron chi connectivity index (χ2n) is 4.32. The first-order valence-corrected chi connectivity index (χ1v) is 7.05. The van der Waals surface area contributed by atoms with Crippen LogP contribution in [0.2, 0.25) is 0 Å². The van der Waals surface area contributed by atoms with Crippen molar-refractivity contribution >= 4 is 34.2 Å². The number of thiophene rings is 1. The van der Waals surface area contributed by atoms with E-state index in [4.69, 9.17) is 4.42 Å². The molecule has 3 aromatic rings. The summed E-state index contributed by atoms with van der Waals surface area (Å²) >= 11 is 1.47. The maximum atomic E-state index is 12.1. The number of carbonyl (C=O) groups excluding carboxylic acids is 1. The van der Waals surface area contributed by atoms with Crippen LogP contribution < -0.4 is 5.63 Å². The zero-order valence-electron chi connectivity index (χ0n) is 10.8. The lowest BCUT2D eigenvalue weighted by molar-refractivity contribution is 0.104. The third-order valence-corrected chi connectivity index (χ3v) is 3.81. The topological polar surface area (TPSA) is 67.5 Å². The Hall–Kier alpha value is -2.66. The van der Waals surface area contributed by atoms with Crippen LogP contribution in [-0.2, 0) is 0 Å². The quantitative estimate of drug-likeness (QED) is 0.457. The molecule has 21 heavy (non-hydrogen) atoms. The van der Waals surface area contributed by atoms with E-state index in [2.05, 4.69) is 0 Å². The normalized spacial score (nSPS) is 11.2. The molecule has 0 unspecified atom stereocenters. The van der Waals surface area contributed by atoms with Gasteiger partial charge in [-0.25, -0.2) is 4.79 Å². The first-order valence-electron chi connectivity index (χ1n) is 6.17. The summed E-state index contributed by atoms with van der Waals surface area (Å²) in [5, 5.41) is 12.4. The van der Waals surface area contributed by atoms with Crippen LogP contribution in [0.25, 0.3) is 17.0 Å². The van der Waals surface area contributed by atoms with Gasteiger partial charge in [0.1, 0.15) is 16.9 Å². The Labute approximate surface area is 123 Å². The number of rotatable bonds is 3. The van der Waals surface area contributed by atoms with Crippen LogP contribution >= 0.6 is 11.3 Å². The molecule has 0 aliphatic rings. The van der Waals surface area contributed by atoms with Gasteiger partial charge in [0.15, 0.2) is 5.78 Å². The van der Waals surface area contributed by atoms with Gasteiger partial charge in [0.05, 0.1) is 5.39 Å². The number of benzene rings is 1. The van der Waals surface area contributed by atoms with Crippen LogP contribution in [0.5, 0.6) is 5.75 Å². The minimum absolute atomic E-state index is 0.249. The van der Waals surface area contributed by atoms with Crippen molar-refractivity contribution in [2.45, 2.75) is 0 Å². The Morgan fingerprint density at radius 2 is 2.00 bits per heavy atom. The average Bonchev–Trinajstić information content (AvgIpc) is 2.98. The van der Waals surface area contributed by atoms with Crippen molar-refractivity contribution in [3.05, 3.63) is 68.7 Å². The smallest absolute Gasteiger partial charge is 0.351 e. The highest BCUT2D eigenvalue weighted by Crippen LogP contribution is 2.26. The van der Waals surface area contributed by atoms with Gasteiger partial charge >= 0.3 is 5.63 Å². The van der Waals surface area contributed by atoms with Gasteiger partial charge in [-0.15, -0.1) is 11.3 Å². The van der Waals surface area contributed by atoms with Crippen molar-refractivity contribution < 1.29 is 14.3 Å². The van der Waals surface area contributed by atoms with Gasteiger partial charge in [-0.1, -0.05) is 18.2 Å². The maximum Gasteiger partial charge on any atom is 0.351 e. The molecule has 0 atom stereocenters. The molecule has 0 fully saturated rings. The van der Waals surface area contributed by atoms with Gasteiger partial charge in [-0.3, -0.25) is 4.79 Å². The van der Waals surface area contributed by atoms with E-state index in [0.717, 1.165) is 4.88 Å². The van der Waals surface area contributed by atoms with Gasteiger partial charge in [0.25, 0.3) is 0 Å². The third-order valence-electron chi connectivity index (χ3n) is 2.97. The van der Waals surface area contributed by atoms with Crippen LogP contribution in [-0.4, -0.2) is 10.9 Å². The molecule has 2 aromatic heterocycles. The lowest BCUT2D eigenvalue weighted by Crippen LogP contribution is -2.12. The number of fused-ring (bicyclic) bond motifs is 1. The van der Waals surface area contributed by atoms with E-state index >= 15 is 0 Å². The lowest BCUT2D eigenvalue weighted by atomic mass is 10.1. The molecule has 0 amide bonds. The largest absolute Gasteiger partial charge is 0.506 e. The number of ketones is 1. The fraction of sp³-hybridized carbons (Fsp3) is 0. The summed E-state index contributed by atoms with van der Waals surface area (Å²) < 4.78 is 5.06. The number of aromatic hydroxyl groups is 1. The molecule has 4 nitrogen and oxygen atoms in total. The molecule has 0 bridgehead atoms. The van der Waals surface area contributed by atoms with Gasteiger partial charge in [0.2, 0.25) is 0 Å². The highest BCUT2D eigenvalue weighted by atomic mass is 32.1. The Kier molecular flexibility index (Phi) is 3.41. The summed E-state index contributed by atoms with van der Waals surface area (Å²) in [5.74, 6) is -0.928. The highest BCUT2D eigenvalue weighted by molar-refractivity contribution is 7.10. The van der Waals surface area contributed by atoms with E-state index in [1.54, 1.807) is 30.3 Å². The van der Waals surface area contributed by atoms with Crippen LogP contribution in [0.15, 0.2) is 57.1 Å². The monoisotopic (exact) mass is 298 g/mol. The van der Waals surface area contributed by atoms with Crippen molar-refractivity contribution in [1.82, 2.24) is 0 Å². The number of allylic oxidation sites excluding steroid dienone is 1. The molecule has 5 heteroatoms. The van der Waals surface area contributed by atoms with E-state index in [9.17, 15) is 14.7 Å². The van der Waals surface area contributed by atoms with Crippen LogP contribution in [0.4, 0.5) is 0 Å². The van der Waals surface area contributed by atoms with Crippen molar-refractivity contribution in [2.75, 3.05) is 0 Å². The maximum absolute atomic E-state index is 12.1. The second-order valence-corrected chi connectivity index (χ2v) is 5.30. The lowest BCUT2D eigenvalue weighted by Gasteiger charge is -2.03. The van der Waals surface area contributed by atoms with Gasteiger partial charge in [0, 0.05) is 4.88 Å². The molecule has 3 rings (SSSR count). The zero-order valence-corrected chi connectivity index (χ0v) is 11.6. The molecule has 1 N–H and O–H groups in total. The van der Waals surface area contributed by atoms with E-state index < -0.39 is 11.4 Å². The first kappa shape index (κ1) is 13.3. The fourth-order valence-corrected chi connectivity index (χ4v) is 2.60. The average molecular weight is 298 g/mol. The van der Waals surface area contributed by atoms with Crippen LogP contribution in [0.1, 0.15) is 15.2 Å². The van der Waals surface area contributed by atoms with E-state index in [0.29, 0.717) is 5.39 Å². The fourth-order valence-electron chi connectivity index (χ4n) is 1.98. The molecule has 0 saturated carbocycles. The SMILES string of the molecule is O=C(C=Cc1cccs1)c1c(O)c2ccccc2oc1=O. The van der Waals surface area contributed by atoms with Crippen molar-refractivity contribution in [1.29, 1.82) is 0 Å². The summed E-state index contributed by atoms with van der Waals surface area (Å²) in [6.07, 6.45) is 2.85. The molecule has 0 radical (unpaired) electrons. The number of carbonyl (C=O) groups is 1. The van der Waals surface area contributed by atoms with E-state index in [1.165, 1.54) is 17.4 Å². The third kappa shape index (κ3) is 2.51. The molecule has 104 valence electrons. The minimum atomic E-state index is -0.841. The Bertz CT molecular complexity index is 888. The summed E-state index contributed by atoms with van der Waals surface area (Å²) in [6, 6.07) is 10.2. The molecule has 0 saturated heterocycles. The number of hydrogen-bond donors (Lipinski definition) is 1. The van der Waals surface area contributed by atoms with Crippen LogP contribution in [0.3, 0.4) is 0 Å². The molecule has 2 heterocycles. The predicted molar refractivity (Wildman–Crippen MR) is 81.8 cm³/mol. The number of hydrogen-bond acceptors (Lipinski definition) is 5. The van der Waals surface area contributed by atoms with E-state index in [-0.39, 0.29) is 16.9 Å². The minimum Gasteiger partial charge on any atom is -0.506 e. The molecular formula is C16H10O4S. The Morgan fingerprint density at radius 1 is 1.19 bits per heavy atom. The summed E-state index contributed by atoms with van der Waals surface area (Å²) in [4.78, 5) is 24.9. The van der Waals surface area contributed by atoms with E-state index in [1.807, 2.05) is 17.5 Å². The Morgan fingerprint density at radius 3 is 2.76 bits per heavy atom. The first-order chi connectivity index (χ1) is 10.2. The number of para-hydroxylation sites is 1. The zero-order chi connectivity index (χ0) is 14.8. The molecular weight excluding hydrogens is 288 g/mol. The van der Waals surface area contributed by atoms with Gasteiger partial charge in [-0.05, 0) is 35.7 Å². The summed E-state index contributed by atoms with van der Waals surface area (Å²) in [7, 11) is 0. The van der Waals surface area contributed by atoms with Crippen molar-refractivity contribution in [2.24, 2.45) is 0 Å².